The number of hydrogen-bond acceptors (Lipinski definition) is 3. The molecule has 0 aromatic rings. The molecule has 0 aromatic heterocycles. The molecule has 0 aliphatic heterocycles. The van der Waals surface area contributed by atoms with Gasteiger partial charge in [-0.3, -0.25) is 9.59 Å². The molecule has 0 spiro atoms. The van der Waals surface area contributed by atoms with Gasteiger partial charge in [0, 0.05) is 6.54 Å². The summed E-state index contributed by atoms with van der Waals surface area (Å²) in [5, 5.41) is 8.58. The van der Waals surface area contributed by atoms with Crippen LogP contribution in [0.1, 0.15) is 26.7 Å². The lowest BCUT2D eigenvalue weighted by Gasteiger charge is -2.22. The van der Waals surface area contributed by atoms with Crippen molar-refractivity contribution in [3.63, 3.8) is 0 Å². The maximum atomic E-state index is 11.5. The average Bonchev–Trinajstić information content (AvgIpc) is 2.14. The second-order valence-electron chi connectivity index (χ2n) is 3.17. The van der Waals surface area contributed by atoms with Gasteiger partial charge >= 0.3 is 5.97 Å². The number of carboxylic acids is 1. The second kappa shape index (κ2) is 6.37. The third-order valence-electron chi connectivity index (χ3n) is 1.89. The van der Waals surface area contributed by atoms with Crippen LogP contribution in [0.15, 0.2) is 0 Å². The highest BCUT2D eigenvalue weighted by atomic mass is 16.4. The third kappa shape index (κ3) is 4.23. The Balaban J connectivity index is 4.31. The van der Waals surface area contributed by atoms with Crippen LogP contribution in [0.3, 0.4) is 0 Å². The van der Waals surface area contributed by atoms with E-state index in [1.54, 1.807) is 6.92 Å². The highest BCUT2D eigenvalue weighted by Crippen LogP contribution is 1.98. The van der Waals surface area contributed by atoms with Crippen LogP contribution >= 0.6 is 0 Å². The van der Waals surface area contributed by atoms with Crippen molar-refractivity contribution in [1.82, 2.24) is 4.90 Å². The Kier molecular flexibility index (Phi) is 5.87. The quantitative estimate of drug-likeness (QED) is 0.637. The van der Waals surface area contributed by atoms with Gasteiger partial charge in [0.25, 0.3) is 0 Å². The van der Waals surface area contributed by atoms with Gasteiger partial charge in [-0.2, -0.15) is 0 Å². The third-order valence-corrected chi connectivity index (χ3v) is 1.89. The van der Waals surface area contributed by atoms with Crippen molar-refractivity contribution in [2.45, 2.75) is 32.7 Å². The molecule has 0 bridgehead atoms. The van der Waals surface area contributed by atoms with E-state index in [4.69, 9.17) is 10.8 Å². The Labute approximate surface area is 83.9 Å². The predicted molar refractivity (Wildman–Crippen MR) is 52.8 cm³/mol. The van der Waals surface area contributed by atoms with Gasteiger partial charge in [-0.15, -0.1) is 0 Å². The summed E-state index contributed by atoms with van der Waals surface area (Å²) < 4.78 is 0. The van der Waals surface area contributed by atoms with Gasteiger partial charge in [0.2, 0.25) is 5.91 Å². The number of nitrogens with two attached hydrogens (primary N) is 1. The lowest BCUT2D eigenvalue weighted by Crippen LogP contribution is -2.45. The van der Waals surface area contributed by atoms with Gasteiger partial charge in [-0.05, 0) is 12.8 Å². The van der Waals surface area contributed by atoms with E-state index < -0.39 is 12.0 Å². The van der Waals surface area contributed by atoms with E-state index in [-0.39, 0.29) is 12.5 Å². The fourth-order valence-corrected chi connectivity index (χ4v) is 1.11. The van der Waals surface area contributed by atoms with Crippen LogP contribution < -0.4 is 5.73 Å². The molecule has 0 aliphatic rings. The molecule has 0 rings (SSSR count). The molecule has 0 saturated heterocycles. The molecule has 0 aromatic carbocycles. The summed E-state index contributed by atoms with van der Waals surface area (Å²) in [6.45, 7) is 3.87. The van der Waals surface area contributed by atoms with Crippen LogP contribution in [-0.4, -0.2) is 41.0 Å². The van der Waals surface area contributed by atoms with Crippen molar-refractivity contribution in [3.05, 3.63) is 0 Å². The molecule has 0 fully saturated rings. The molecule has 0 heterocycles. The zero-order valence-corrected chi connectivity index (χ0v) is 8.69. The first-order chi connectivity index (χ1) is 6.52. The highest BCUT2D eigenvalue weighted by molar-refractivity contribution is 5.85. The molecular formula is C9H18N2O3. The number of nitrogens with zero attached hydrogens (tertiary/aromatic N) is 1. The maximum absolute atomic E-state index is 11.5. The predicted octanol–water partition coefficient (Wildman–Crippen LogP) is 0.0469. The average molecular weight is 202 g/mol. The molecule has 0 saturated carbocycles. The molecule has 5 nitrogen and oxygen atoms in total. The fourth-order valence-electron chi connectivity index (χ4n) is 1.11. The van der Waals surface area contributed by atoms with Gasteiger partial charge in [0.05, 0.1) is 6.04 Å². The molecule has 5 heteroatoms. The largest absolute Gasteiger partial charge is 0.480 e. The molecule has 3 N–H and O–H groups in total. The van der Waals surface area contributed by atoms with Gasteiger partial charge in [-0.25, -0.2) is 0 Å². The topological polar surface area (TPSA) is 83.6 Å². The number of aliphatic carboxylic acids is 1. The van der Waals surface area contributed by atoms with E-state index >= 15 is 0 Å². The van der Waals surface area contributed by atoms with Crippen LogP contribution in [0.5, 0.6) is 0 Å². The molecular weight excluding hydrogens is 184 g/mol. The minimum Gasteiger partial charge on any atom is -0.480 e. The van der Waals surface area contributed by atoms with Crippen molar-refractivity contribution in [2.75, 3.05) is 13.1 Å². The minimum atomic E-state index is -1.00. The van der Waals surface area contributed by atoms with Gasteiger partial charge in [0.1, 0.15) is 6.54 Å². The zero-order valence-electron chi connectivity index (χ0n) is 8.69. The van der Waals surface area contributed by atoms with Gasteiger partial charge in [-0.1, -0.05) is 13.8 Å². The number of rotatable bonds is 6. The van der Waals surface area contributed by atoms with E-state index in [0.29, 0.717) is 13.0 Å². The van der Waals surface area contributed by atoms with Crippen LogP contribution in [-0.2, 0) is 9.59 Å². The van der Waals surface area contributed by atoms with Crippen molar-refractivity contribution in [1.29, 1.82) is 0 Å². The number of carbonyl (C=O) groups is 2. The summed E-state index contributed by atoms with van der Waals surface area (Å²) in [5.41, 5.74) is 5.54. The smallest absolute Gasteiger partial charge is 0.323 e. The summed E-state index contributed by atoms with van der Waals surface area (Å²) in [5.74, 6) is -1.29. The molecule has 0 unspecified atom stereocenters. The lowest BCUT2D eigenvalue weighted by atomic mass is 10.2. The van der Waals surface area contributed by atoms with Crippen molar-refractivity contribution < 1.29 is 14.7 Å². The number of amides is 1. The fraction of sp³-hybridized carbons (Fsp3) is 0.778. The maximum Gasteiger partial charge on any atom is 0.323 e. The molecule has 82 valence electrons. The van der Waals surface area contributed by atoms with Gasteiger partial charge < -0.3 is 15.7 Å². The Morgan fingerprint density at radius 1 is 1.43 bits per heavy atom. The Morgan fingerprint density at radius 2 is 2.00 bits per heavy atom. The number of carboxylic acid groups (broad SMARTS) is 1. The number of carbonyl (C=O) groups excluding carboxylic acids is 1. The number of hydrogen-bond donors (Lipinski definition) is 2. The molecule has 0 aliphatic carbocycles. The van der Waals surface area contributed by atoms with Crippen molar-refractivity contribution in [2.24, 2.45) is 5.73 Å². The Bertz CT molecular complexity index is 206. The van der Waals surface area contributed by atoms with E-state index in [1.165, 1.54) is 4.90 Å². The van der Waals surface area contributed by atoms with E-state index in [9.17, 15) is 9.59 Å². The van der Waals surface area contributed by atoms with Crippen molar-refractivity contribution >= 4 is 11.9 Å². The first-order valence-corrected chi connectivity index (χ1v) is 4.79. The van der Waals surface area contributed by atoms with Crippen LogP contribution in [0.4, 0.5) is 0 Å². The minimum absolute atomic E-state index is 0.264. The van der Waals surface area contributed by atoms with Crippen molar-refractivity contribution in [3.8, 4) is 0 Å². The molecule has 1 amide bonds. The molecule has 0 radical (unpaired) electrons. The normalized spacial score (nSPS) is 12.2. The summed E-state index contributed by atoms with van der Waals surface area (Å²) in [6, 6.07) is -0.583. The van der Waals surface area contributed by atoms with Crippen LogP contribution in [0.25, 0.3) is 0 Å². The van der Waals surface area contributed by atoms with Crippen LogP contribution in [0.2, 0.25) is 0 Å². The monoisotopic (exact) mass is 202 g/mol. The zero-order chi connectivity index (χ0) is 11.1. The first kappa shape index (κ1) is 12.9. The Morgan fingerprint density at radius 3 is 2.36 bits per heavy atom. The van der Waals surface area contributed by atoms with E-state index in [1.807, 2.05) is 6.92 Å². The summed E-state index contributed by atoms with van der Waals surface area (Å²) in [4.78, 5) is 23.3. The van der Waals surface area contributed by atoms with E-state index in [2.05, 4.69) is 0 Å². The standard InChI is InChI=1S/C9H18N2O3/c1-3-5-11(6-8(12)13)9(14)7(10)4-2/h7H,3-6,10H2,1-2H3,(H,12,13)/t7-/m0/s1. The first-order valence-electron chi connectivity index (χ1n) is 4.79. The second-order valence-corrected chi connectivity index (χ2v) is 3.17. The summed E-state index contributed by atoms with van der Waals surface area (Å²) in [7, 11) is 0. The molecule has 14 heavy (non-hydrogen) atoms. The van der Waals surface area contributed by atoms with Gasteiger partial charge in [0.15, 0.2) is 0 Å². The highest BCUT2D eigenvalue weighted by Gasteiger charge is 2.20. The Hall–Kier alpha value is -1.10. The van der Waals surface area contributed by atoms with E-state index in [0.717, 1.165) is 6.42 Å². The summed E-state index contributed by atoms with van der Waals surface area (Å²) >= 11 is 0. The molecule has 1 atom stereocenters. The SMILES string of the molecule is CCCN(CC(=O)O)C(=O)[C@@H](N)CC. The van der Waals surface area contributed by atoms with Crippen LogP contribution in [0, 0.1) is 0 Å². The lowest BCUT2D eigenvalue weighted by molar-refractivity contribution is -0.145. The summed E-state index contributed by atoms with van der Waals surface area (Å²) in [6.07, 6.45) is 1.26.